The predicted octanol–water partition coefficient (Wildman–Crippen LogP) is 0.274. The van der Waals surface area contributed by atoms with Gasteiger partial charge in [-0.25, -0.2) is 4.39 Å². The van der Waals surface area contributed by atoms with Crippen LogP contribution in [0, 0.1) is 5.82 Å². The average Bonchev–Trinajstić information content (AvgIpc) is 2.48. The minimum Gasteiger partial charge on any atom is -0.379 e. The summed E-state index contributed by atoms with van der Waals surface area (Å²) >= 11 is 0. The largest absolute Gasteiger partial charge is 0.379 e. The van der Waals surface area contributed by atoms with E-state index < -0.39 is 6.04 Å². The van der Waals surface area contributed by atoms with Crippen molar-refractivity contribution >= 4 is 5.91 Å². The first-order valence-corrected chi connectivity index (χ1v) is 6.78. The third kappa shape index (κ3) is 3.53. The number of halogens is 1. The SMILES string of the molecule is NCCNC(=O)C(c1ccccc1F)N1CCOCC1. The normalized spacial score (nSPS) is 17.7. The molecule has 0 spiro atoms. The molecule has 0 aromatic heterocycles. The standard InChI is InChI=1S/C14H20FN3O2/c15-12-4-2-1-3-11(12)13(14(19)17-6-5-16)18-7-9-20-10-8-18/h1-4,13H,5-10,16H2,(H,17,19). The van der Waals surface area contributed by atoms with Crippen molar-refractivity contribution in [3.05, 3.63) is 35.6 Å². The molecule has 1 heterocycles. The summed E-state index contributed by atoms with van der Waals surface area (Å²) in [5, 5.41) is 2.74. The fraction of sp³-hybridized carbons (Fsp3) is 0.500. The lowest BCUT2D eigenvalue weighted by Crippen LogP contribution is -2.46. The van der Waals surface area contributed by atoms with Gasteiger partial charge in [0.05, 0.1) is 13.2 Å². The van der Waals surface area contributed by atoms with Gasteiger partial charge in [-0.3, -0.25) is 9.69 Å². The molecule has 0 aliphatic carbocycles. The van der Waals surface area contributed by atoms with Crippen LogP contribution in [0.25, 0.3) is 0 Å². The molecule has 5 nitrogen and oxygen atoms in total. The monoisotopic (exact) mass is 281 g/mol. The Kier molecular flexibility index (Phi) is 5.46. The zero-order valence-electron chi connectivity index (χ0n) is 11.3. The Hall–Kier alpha value is -1.50. The summed E-state index contributed by atoms with van der Waals surface area (Å²) in [5.74, 6) is -0.589. The molecule has 20 heavy (non-hydrogen) atoms. The number of amides is 1. The second-order valence-corrected chi connectivity index (χ2v) is 4.65. The van der Waals surface area contributed by atoms with Crippen LogP contribution in [-0.2, 0) is 9.53 Å². The highest BCUT2D eigenvalue weighted by molar-refractivity contribution is 5.83. The molecular weight excluding hydrogens is 261 g/mol. The third-order valence-electron chi connectivity index (χ3n) is 3.30. The van der Waals surface area contributed by atoms with Crippen LogP contribution in [0.15, 0.2) is 24.3 Å². The molecule has 3 N–H and O–H groups in total. The van der Waals surface area contributed by atoms with Gasteiger partial charge in [-0.05, 0) is 6.07 Å². The predicted molar refractivity (Wildman–Crippen MR) is 73.6 cm³/mol. The van der Waals surface area contributed by atoms with E-state index in [2.05, 4.69) is 5.32 Å². The smallest absolute Gasteiger partial charge is 0.242 e. The molecule has 1 saturated heterocycles. The Balaban J connectivity index is 2.23. The van der Waals surface area contributed by atoms with Gasteiger partial charge in [0.2, 0.25) is 5.91 Å². The number of benzene rings is 1. The minimum absolute atomic E-state index is 0.220. The van der Waals surface area contributed by atoms with Gasteiger partial charge in [0.25, 0.3) is 0 Å². The quantitative estimate of drug-likeness (QED) is 0.813. The number of carbonyl (C=O) groups is 1. The molecule has 1 atom stereocenters. The molecule has 1 unspecified atom stereocenters. The summed E-state index contributed by atoms with van der Waals surface area (Å²) in [5.41, 5.74) is 5.79. The first-order chi connectivity index (χ1) is 9.74. The molecule has 1 aliphatic heterocycles. The highest BCUT2D eigenvalue weighted by Crippen LogP contribution is 2.24. The Morgan fingerprint density at radius 2 is 2.10 bits per heavy atom. The summed E-state index contributed by atoms with van der Waals surface area (Å²) in [6, 6.07) is 5.75. The van der Waals surface area contributed by atoms with Gasteiger partial charge in [0.15, 0.2) is 0 Å². The van der Waals surface area contributed by atoms with Gasteiger partial charge in [0, 0.05) is 31.7 Å². The van der Waals surface area contributed by atoms with Crippen LogP contribution in [0.5, 0.6) is 0 Å². The lowest BCUT2D eigenvalue weighted by atomic mass is 10.0. The van der Waals surface area contributed by atoms with Crippen molar-refractivity contribution < 1.29 is 13.9 Å². The van der Waals surface area contributed by atoms with Crippen LogP contribution in [0.4, 0.5) is 4.39 Å². The number of hydrogen-bond acceptors (Lipinski definition) is 4. The van der Waals surface area contributed by atoms with Crippen LogP contribution in [0.1, 0.15) is 11.6 Å². The highest BCUT2D eigenvalue weighted by atomic mass is 19.1. The van der Waals surface area contributed by atoms with Gasteiger partial charge in [-0.2, -0.15) is 0 Å². The number of nitrogens with one attached hydrogen (secondary N) is 1. The number of rotatable bonds is 5. The molecule has 6 heteroatoms. The number of hydrogen-bond donors (Lipinski definition) is 2. The second-order valence-electron chi connectivity index (χ2n) is 4.65. The molecule has 1 aromatic carbocycles. The van der Waals surface area contributed by atoms with E-state index in [1.165, 1.54) is 6.07 Å². The number of ether oxygens (including phenoxy) is 1. The zero-order valence-corrected chi connectivity index (χ0v) is 11.3. The molecule has 2 rings (SSSR count). The number of nitrogens with zero attached hydrogens (tertiary/aromatic N) is 1. The number of morpholine rings is 1. The molecule has 1 aliphatic rings. The molecule has 0 bridgehead atoms. The van der Waals surface area contributed by atoms with Crippen LogP contribution in [0.3, 0.4) is 0 Å². The lowest BCUT2D eigenvalue weighted by Gasteiger charge is -2.33. The second kappa shape index (κ2) is 7.33. The first-order valence-electron chi connectivity index (χ1n) is 6.78. The average molecular weight is 281 g/mol. The molecule has 1 fully saturated rings. The van der Waals surface area contributed by atoms with Gasteiger partial charge in [0.1, 0.15) is 11.9 Å². The zero-order chi connectivity index (χ0) is 14.4. The van der Waals surface area contributed by atoms with E-state index in [1.54, 1.807) is 18.2 Å². The van der Waals surface area contributed by atoms with E-state index >= 15 is 0 Å². The van der Waals surface area contributed by atoms with Crippen molar-refractivity contribution in [3.8, 4) is 0 Å². The Labute approximate surface area is 117 Å². The summed E-state index contributed by atoms with van der Waals surface area (Å²) in [6.45, 7) is 3.06. The topological polar surface area (TPSA) is 67.6 Å². The molecule has 1 aromatic rings. The minimum atomic E-state index is -0.633. The first kappa shape index (κ1) is 14.9. The number of carbonyl (C=O) groups excluding carboxylic acids is 1. The van der Waals surface area contributed by atoms with Crippen molar-refractivity contribution in [2.45, 2.75) is 6.04 Å². The summed E-state index contributed by atoms with van der Waals surface area (Å²) < 4.78 is 19.3. The van der Waals surface area contributed by atoms with Crippen LogP contribution >= 0.6 is 0 Å². The van der Waals surface area contributed by atoms with E-state index in [1.807, 2.05) is 4.90 Å². The van der Waals surface area contributed by atoms with Crippen molar-refractivity contribution in [1.29, 1.82) is 0 Å². The number of nitrogens with two attached hydrogens (primary N) is 1. The van der Waals surface area contributed by atoms with E-state index in [-0.39, 0.29) is 11.7 Å². The van der Waals surface area contributed by atoms with Crippen LogP contribution < -0.4 is 11.1 Å². The maximum Gasteiger partial charge on any atom is 0.242 e. The van der Waals surface area contributed by atoms with E-state index in [9.17, 15) is 9.18 Å². The van der Waals surface area contributed by atoms with Crippen LogP contribution in [0.2, 0.25) is 0 Å². The van der Waals surface area contributed by atoms with Crippen molar-refractivity contribution in [3.63, 3.8) is 0 Å². The fourth-order valence-electron chi connectivity index (χ4n) is 2.33. The van der Waals surface area contributed by atoms with E-state index in [0.29, 0.717) is 45.0 Å². The van der Waals surface area contributed by atoms with Gasteiger partial charge >= 0.3 is 0 Å². The van der Waals surface area contributed by atoms with E-state index in [4.69, 9.17) is 10.5 Å². The molecule has 0 saturated carbocycles. The summed E-state index contributed by atoms with van der Waals surface area (Å²) in [6.07, 6.45) is 0. The molecule has 1 amide bonds. The maximum absolute atomic E-state index is 14.0. The van der Waals surface area contributed by atoms with E-state index in [0.717, 1.165) is 0 Å². The van der Waals surface area contributed by atoms with Crippen molar-refractivity contribution in [1.82, 2.24) is 10.2 Å². The van der Waals surface area contributed by atoms with Gasteiger partial charge in [-0.1, -0.05) is 18.2 Å². The maximum atomic E-state index is 14.0. The Morgan fingerprint density at radius 3 is 2.75 bits per heavy atom. The molecule has 0 radical (unpaired) electrons. The van der Waals surface area contributed by atoms with Crippen molar-refractivity contribution in [2.24, 2.45) is 5.73 Å². The molecular formula is C14H20FN3O2. The highest BCUT2D eigenvalue weighted by Gasteiger charge is 2.30. The molecule has 110 valence electrons. The van der Waals surface area contributed by atoms with Gasteiger partial charge < -0.3 is 15.8 Å². The Bertz CT molecular complexity index is 450. The third-order valence-corrected chi connectivity index (χ3v) is 3.30. The van der Waals surface area contributed by atoms with Crippen LogP contribution in [-0.4, -0.2) is 50.2 Å². The summed E-state index contributed by atoms with van der Waals surface area (Å²) in [7, 11) is 0. The lowest BCUT2D eigenvalue weighted by molar-refractivity contribution is -0.128. The van der Waals surface area contributed by atoms with Gasteiger partial charge in [-0.15, -0.1) is 0 Å². The van der Waals surface area contributed by atoms with Crippen molar-refractivity contribution in [2.75, 3.05) is 39.4 Å². The summed E-state index contributed by atoms with van der Waals surface area (Å²) in [4.78, 5) is 14.3. The fourth-order valence-corrected chi connectivity index (χ4v) is 2.33. The Morgan fingerprint density at radius 1 is 1.40 bits per heavy atom.